The largest absolute Gasteiger partial charge is 0.416 e. The Hall–Kier alpha value is -1.95. The highest BCUT2D eigenvalue weighted by Crippen LogP contribution is 2.32. The maximum Gasteiger partial charge on any atom is 0.416 e. The molecule has 0 bridgehead atoms. The van der Waals surface area contributed by atoms with Crippen LogP contribution in [0.2, 0.25) is 0 Å². The Labute approximate surface area is 149 Å². The Morgan fingerprint density at radius 2 is 1.64 bits per heavy atom. The van der Waals surface area contributed by atoms with Crippen LogP contribution < -0.4 is 5.32 Å². The number of alkyl halides is 3. The van der Waals surface area contributed by atoms with Gasteiger partial charge in [-0.2, -0.15) is 24.9 Å². The van der Waals surface area contributed by atoms with Gasteiger partial charge in [0, 0.05) is 16.9 Å². The number of rotatable bonds is 5. The lowest BCUT2D eigenvalue weighted by molar-refractivity contribution is -0.137. The van der Waals surface area contributed by atoms with Crippen LogP contribution in [0.5, 0.6) is 0 Å². The molecule has 0 unspecified atom stereocenters. The second-order valence-corrected chi connectivity index (χ2v) is 7.26. The molecule has 0 aliphatic carbocycles. The average molecular weight is 367 g/mol. The van der Waals surface area contributed by atoms with E-state index in [4.69, 9.17) is 0 Å². The summed E-state index contributed by atoms with van der Waals surface area (Å²) in [6.07, 6.45) is -2.42. The van der Waals surface area contributed by atoms with E-state index < -0.39 is 11.7 Å². The predicted molar refractivity (Wildman–Crippen MR) is 96.8 cm³/mol. The van der Waals surface area contributed by atoms with E-state index in [9.17, 15) is 18.0 Å². The number of carbonyl (C=O) groups excluding carboxylic acids is 1. The normalized spacial score (nSPS) is 12.1. The van der Waals surface area contributed by atoms with Gasteiger partial charge in [0.05, 0.1) is 5.56 Å². The summed E-state index contributed by atoms with van der Waals surface area (Å²) >= 11 is 1.63. The lowest BCUT2D eigenvalue weighted by Gasteiger charge is -2.26. The van der Waals surface area contributed by atoms with Crippen LogP contribution in [0.15, 0.2) is 48.5 Å². The van der Waals surface area contributed by atoms with Crippen LogP contribution in [0.3, 0.4) is 0 Å². The molecule has 0 saturated heterocycles. The number of amides is 1. The molecule has 0 heterocycles. The first kappa shape index (κ1) is 19.4. The summed E-state index contributed by atoms with van der Waals surface area (Å²) in [4.78, 5) is 12.7. The van der Waals surface area contributed by atoms with Gasteiger partial charge in [0.15, 0.2) is 0 Å². The van der Waals surface area contributed by atoms with Gasteiger partial charge in [-0.15, -0.1) is 0 Å². The molecular weight excluding hydrogens is 347 g/mol. The Morgan fingerprint density at radius 1 is 1.04 bits per heavy atom. The van der Waals surface area contributed by atoms with Crippen molar-refractivity contribution in [2.75, 3.05) is 12.0 Å². The molecule has 0 aliphatic heterocycles. The topological polar surface area (TPSA) is 29.1 Å². The van der Waals surface area contributed by atoms with E-state index in [0.717, 1.165) is 17.9 Å². The fraction of sp³-hybridized carbons (Fsp3) is 0.316. The quantitative estimate of drug-likeness (QED) is 0.783. The molecule has 0 fully saturated rings. The molecule has 0 saturated carbocycles. The minimum absolute atomic E-state index is 0.241. The van der Waals surface area contributed by atoms with Gasteiger partial charge in [-0.05, 0) is 49.4 Å². The average Bonchev–Trinajstić information content (AvgIpc) is 2.53. The van der Waals surface area contributed by atoms with Crippen LogP contribution >= 0.6 is 11.8 Å². The fourth-order valence-electron chi connectivity index (χ4n) is 2.54. The number of nitrogens with one attached hydrogen (secondary N) is 1. The molecule has 0 aromatic heterocycles. The third-order valence-corrected chi connectivity index (χ3v) is 4.66. The monoisotopic (exact) mass is 367 g/mol. The Kier molecular flexibility index (Phi) is 5.83. The summed E-state index contributed by atoms with van der Waals surface area (Å²) < 4.78 is 38.2. The molecule has 1 amide bonds. The van der Waals surface area contributed by atoms with E-state index in [1.807, 2.05) is 20.1 Å². The smallest absolute Gasteiger partial charge is 0.346 e. The summed E-state index contributed by atoms with van der Waals surface area (Å²) in [5.74, 6) is 0.510. The summed E-state index contributed by atoms with van der Waals surface area (Å²) in [7, 11) is 0. The van der Waals surface area contributed by atoms with Gasteiger partial charge in [0.25, 0.3) is 5.91 Å². The maximum absolute atomic E-state index is 12.7. The van der Waals surface area contributed by atoms with Crippen LogP contribution in [-0.4, -0.2) is 23.5 Å². The molecule has 2 aromatic carbocycles. The van der Waals surface area contributed by atoms with Crippen molar-refractivity contribution in [2.45, 2.75) is 25.6 Å². The summed E-state index contributed by atoms with van der Waals surface area (Å²) in [5, 5.41) is 2.98. The second-order valence-electron chi connectivity index (χ2n) is 6.39. The summed E-state index contributed by atoms with van der Waals surface area (Å²) in [5.41, 5.74) is 0.523. The highest BCUT2D eigenvalue weighted by atomic mass is 32.2. The number of halogens is 3. The summed E-state index contributed by atoms with van der Waals surface area (Å²) in [6, 6.07) is 11.8. The highest BCUT2D eigenvalue weighted by Gasteiger charge is 2.30. The number of thioether (sulfide) groups is 1. The van der Waals surface area contributed by atoms with E-state index in [0.29, 0.717) is 16.7 Å². The van der Waals surface area contributed by atoms with Crippen LogP contribution in [0, 0.1) is 0 Å². The number of hydrogen-bond donors (Lipinski definition) is 1. The zero-order chi connectivity index (χ0) is 18.7. The van der Waals surface area contributed by atoms with Crippen molar-refractivity contribution < 1.29 is 18.0 Å². The van der Waals surface area contributed by atoms with Crippen molar-refractivity contribution in [2.24, 2.45) is 0 Å². The molecule has 0 radical (unpaired) electrons. The van der Waals surface area contributed by atoms with E-state index in [-0.39, 0.29) is 11.4 Å². The van der Waals surface area contributed by atoms with Gasteiger partial charge < -0.3 is 5.32 Å². The Bertz CT molecular complexity index is 739. The van der Waals surface area contributed by atoms with E-state index in [2.05, 4.69) is 5.32 Å². The minimum atomic E-state index is -4.38. The lowest BCUT2D eigenvalue weighted by atomic mass is 9.97. The lowest BCUT2D eigenvalue weighted by Crippen LogP contribution is -2.45. The van der Waals surface area contributed by atoms with Crippen LogP contribution in [0.1, 0.15) is 29.8 Å². The minimum Gasteiger partial charge on any atom is -0.346 e. The van der Waals surface area contributed by atoms with Crippen molar-refractivity contribution >= 4 is 17.7 Å². The molecule has 0 aliphatic rings. The van der Waals surface area contributed by atoms with Crippen molar-refractivity contribution in [3.63, 3.8) is 0 Å². The van der Waals surface area contributed by atoms with Gasteiger partial charge in [0.2, 0.25) is 0 Å². The first-order valence-corrected chi connectivity index (χ1v) is 9.11. The van der Waals surface area contributed by atoms with Gasteiger partial charge in [-0.25, -0.2) is 0 Å². The molecule has 25 heavy (non-hydrogen) atoms. The van der Waals surface area contributed by atoms with Gasteiger partial charge >= 0.3 is 6.18 Å². The van der Waals surface area contributed by atoms with Gasteiger partial charge in [-0.1, -0.05) is 30.3 Å². The number of hydrogen-bond acceptors (Lipinski definition) is 2. The first-order valence-electron chi connectivity index (χ1n) is 7.72. The highest BCUT2D eigenvalue weighted by molar-refractivity contribution is 7.98. The molecule has 1 N–H and O–H groups in total. The fourth-order valence-corrected chi connectivity index (χ4v) is 3.34. The third kappa shape index (κ3) is 5.01. The van der Waals surface area contributed by atoms with Crippen LogP contribution in [0.25, 0.3) is 11.1 Å². The van der Waals surface area contributed by atoms with E-state index in [1.54, 1.807) is 36.0 Å². The Morgan fingerprint density at radius 3 is 2.20 bits per heavy atom. The molecule has 6 heteroatoms. The number of carbonyl (C=O) groups is 1. The second kappa shape index (κ2) is 7.52. The van der Waals surface area contributed by atoms with Gasteiger partial charge in [0.1, 0.15) is 0 Å². The van der Waals surface area contributed by atoms with Crippen LogP contribution in [-0.2, 0) is 6.18 Å². The summed E-state index contributed by atoms with van der Waals surface area (Å²) in [6.45, 7) is 3.87. The first-order chi connectivity index (χ1) is 11.6. The zero-order valence-electron chi connectivity index (χ0n) is 14.3. The van der Waals surface area contributed by atoms with Crippen molar-refractivity contribution in [1.29, 1.82) is 0 Å². The van der Waals surface area contributed by atoms with Crippen molar-refractivity contribution in [1.82, 2.24) is 5.32 Å². The molecule has 2 aromatic rings. The SMILES string of the molecule is CSCC(C)(C)NC(=O)c1ccccc1-c1ccc(C(F)(F)F)cc1. The predicted octanol–water partition coefficient (Wildman–Crippen LogP) is 5.24. The van der Waals surface area contributed by atoms with E-state index in [1.165, 1.54) is 12.1 Å². The van der Waals surface area contributed by atoms with Gasteiger partial charge in [-0.3, -0.25) is 4.79 Å². The molecule has 0 spiro atoms. The molecule has 134 valence electrons. The standard InChI is InChI=1S/C19H20F3NOS/c1-18(2,12-25-3)23-17(24)16-7-5-4-6-15(16)13-8-10-14(11-9-13)19(20,21)22/h4-11H,12H2,1-3H3,(H,23,24). The van der Waals surface area contributed by atoms with Crippen molar-refractivity contribution in [3.8, 4) is 11.1 Å². The third-order valence-electron chi connectivity index (χ3n) is 3.65. The zero-order valence-corrected chi connectivity index (χ0v) is 15.1. The van der Waals surface area contributed by atoms with Crippen LogP contribution in [0.4, 0.5) is 13.2 Å². The Balaban J connectivity index is 2.33. The molecule has 2 nitrogen and oxygen atoms in total. The molecule has 2 rings (SSSR count). The van der Waals surface area contributed by atoms with E-state index >= 15 is 0 Å². The molecular formula is C19H20F3NOS. The number of benzene rings is 2. The maximum atomic E-state index is 12.7. The molecule has 0 atom stereocenters. The van der Waals surface area contributed by atoms with Crippen molar-refractivity contribution in [3.05, 3.63) is 59.7 Å².